The van der Waals surface area contributed by atoms with Crippen molar-refractivity contribution in [3.05, 3.63) is 0 Å². The smallest absolute Gasteiger partial charge is 0.220 e. The van der Waals surface area contributed by atoms with Crippen LogP contribution in [0.25, 0.3) is 0 Å². The quantitative estimate of drug-likeness (QED) is 0.711. The molecule has 0 saturated carbocycles. The van der Waals surface area contributed by atoms with Gasteiger partial charge in [-0.1, -0.05) is 6.92 Å². The average Bonchev–Trinajstić information content (AvgIpc) is 2.43. The van der Waals surface area contributed by atoms with E-state index in [0.717, 1.165) is 32.7 Å². The summed E-state index contributed by atoms with van der Waals surface area (Å²) in [6.45, 7) is 11.2. The Labute approximate surface area is 116 Å². The highest BCUT2D eigenvalue weighted by Crippen LogP contribution is 2.15. The number of hydrogen-bond donors (Lipinski definition) is 2. The first-order valence-corrected chi connectivity index (χ1v) is 7.25. The summed E-state index contributed by atoms with van der Waals surface area (Å²) in [4.78, 5) is 14.2. The van der Waals surface area contributed by atoms with Crippen molar-refractivity contribution >= 4 is 5.91 Å². The van der Waals surface area contributed by atoms with Crippen LogP contribution < -0.4 is 11.1 Å². The van der Waals surface area contributed by atoms with E-state index >= 15 is 0 Å². The summed E-state index contributed by atoms with van der Waals surface area (Å²) in [7, 11) is 0. The molecule has 0 radical (unpaired) electrons. The molecule has 112 valence electrons. The Bertz CT molecular complexity index is 276. The largest absolute Gasteiger partial charge is 0.379 e. The molecule has 1 amide bonds. The molecular weight excluding hydrogens is 242 g/mol. The Balaban J connectivity index is 2.27. The minimum atomic E-state index is -0.0150. The second-order valence-electron chi connectivity index (χ2n) is 6.07. The number of nitrogens with two attached hydrogens (primary N) is 1. The van der Waals surface area contributed by atoms with Crippen molar-refractivity contribution in [1.82, 2.24) is 10.2 Å². The van der Waals surface area contributed by atoms with Gasteiger partial charge in [-0.3, -0.25) is 9.69 Å². The number of amides is 1. The monoisotopic (exact) mass is 271 g/mol. The van der Waals surface area contributed by atoms with Crippen LogP contribution in [-0.2, 0) is 9.53 Å². The Kier molecular flexibility index (Phi) is 6.75. The number of nitrogens with one attached hydrogen (secondary N) is 1. The first-order chi connectivity index (χ1) is 8.95. The van der Waals surface area contributed by atoms with Crippen LogP contribution in [0.2, 0.25) is 0 Å². The summed E-state index contributed by atoms with van der Waals surface area (Å²) in [6.07, 6.45) is 1.43. The number of carbonyl (C=O) groups is 1. The molecule has 0 aromatic rings. The fourth-order valence-corrected chi connectivity index (χ4v) is 2.18. The van der Waals surface area contributed by atoms with Crippen LogP contribution >= 0.6 is 0 Å². The molecule has 1 rings (SSSR count). The number of ether oxygens (including phenoxy) is 1. The van der Waals surface area contributed by atoms with Crippen LogP contribution in [0.15, 0.2) is 0 Å². The van der Waals surface area contributed by atoms with Crippen molar-refractivity contribution in [3.63, 3.8) is 0 Å². The van der Waals surface area contributed by atoms with E-state index in [2.05, 4.69) is 31.0 Å². The van der Waals surface area contributed by atoms with Gasteiger partial charge in [0.25, 0.3) is 0 Å². The van der Waals surface area contributed by atoms with E-state index < -0.39 is 0 Å². The van der Waals surface area contributed by atoms with Crippen molar-refractivity contribution in [3.8, 4) is 0 Å². The van der Waals surface area contributed by atoms with Gasteiger partial charge in [0, 0.05) is 31.6 Å². The Morgan fingerprint density at radius 2 is 2.05 bits per heavy atom. The molecule has 1 saturated heterocycles. The number of hydrogen-bond acceptors (Lipinski definition) is 4. The molecule has 1 aliphatic rings. The number of morpholine rings is 1. The highest BCUT2D eigenvalue weighted by molar-refractivity contribution is 5.75. The van der Waals surface area contributed by atoms with E-state index in [9.17, 15) is 4.79 Å². The van der Waals surface area contributed by atoms with Crippen LogP contribution in [0.3, 0.4) is 0 Å². The lowest BCUT2D eigenvalue weighted by atomic mass is 10.0. The maximum atomic E-state index is 11.8. The van der Waals surface area contributed by atoms with Gasteiger partial charge < -0.3 is 15.8 Å². The number of rotatable bonds is 7. The van der Waals surface area contributed by atoms with E-state index in [-0.39, 0.29) is 11.4 Å². The van der Waals surface area contributed by atoms with Gasteiger partial charge in [0.2, 0.25) is 5.91 Å². The zero-order valence-electron chi connectivity index (χ0n) is 12.6. The minimum absolute atomic E-state index is 0.0150. The van der Waals surface area contributed by atoms with E-state index in [4.69, 9.17) is 10.5 Å². The third kappa shape index (κ3) is 5.89. The fourth-order valence-electron chi connectivity index (χ4n) is 2.18. The first-order valence-electron chi connectivity index (χ1n) is 7.25. The maximum absolute atomic E-state index is 11.8. The van der Waals surface area contributed by atoms with E-state index in [1.165, 1.54) is 0 Å². The van der Waals surface area contributed by atoms with Gasteiger partial charge in [-0.25, -0.2) is 0 Å². The number of nitrogens with zero attached hydrogens (tertiary/aromatic N) is 1. The average molecular weight is 271 g/mol. The molecule has 0 spiro atoms. The Morgan fingerprint density at radius 1 is 1.42 bits per heavy atom. The van der Waals surface area contributed by atoms with Gasteiger partial charge in [0.1, 0.15) is 0 Å². The van der Waals surface area contributed by atoms with Crippen LogP contribution in [0.1, 0.15) is 33.6 Å². The van der Waals surface area contributed by atoms with Crippen LogP contribution in [-0.4, -0.2) is 55.7 Å². The lowest BCUT2D eigenvalue weighted by Gasteiger charge is -2.40. The Morgan fingerprint density at radius 3 is 2.63 bits per heavy atom. The van der Waals surface area contributed by atoms with Crippen molar-refractivity contribution in [2.24, 2.45) is 11.7 Å². The topological polar surface area (TPSA) is 67.6 Å². The van der Waals surface area contributed by atoms with Gasteiger partial charge >= 0.3 is 0 Å². The highest BCUT2D eigenvalue weighted by atomic mass is 16.5. The molecule has 1 unspecified atom stereocenters. The predicted molar refractivity (Wildman–Crippen MR) is 76.9 cm³/mol. The maximum Gasteiger partial charge on any atom is 0.220 e. The second-order valence-corrected chi connectivity index (χ2v) is 6.07. The minimum Gasteiger partial charge on any atom is -0.379 e. The van der Waals surface area contributed by atoms with Crippen molar-refractivity contribution in [2.75, 3.05) is 39.4 Å². The molecule has 19 heavy (non-hydrogen) atoms. The van der Waals surface area contributed by atoms with Gasteiger partial charge in [0.15, 0.2) is 0 Å². The van der Waals surface area contributed by atoms with Crippen LogP contribution in [0, 0.1) is 5.92 Å². The van der Waals surface area contributed by atoms with Crippen molar-refractivity contribution in [2.45, 2.75) is 39.2 Å². The normalized spacial score (nSPS) is 19.2. The van der Waals surface area contributed by atoms with Gasteiger partial charge in [-0.2, -0.15) is 0 Å². The van der Waals surface area contributed by atoms with Gasteiger partial charge in [-0.15, -0.1) is 0 Å². The molecule has 5 heteroatoms. The lowest BCUT2D eigenvalue weighted by molar-refractivity contribution is -0.122. The van der Waals surface area contributed by atoms with Crippen LogP contribution in [0.5, 0.6) is 0 Å². The lowest BCUT2D eigenvalue weighted by Crippen LogP contribution is -2.55. The molecule has 5 nitrogen and oxygen atoms in total. The van der Waals surface area contributed by atoms with Crippen molar-refractivity contribution < 1.29 is 9.53 Å². The molecule has 1 aliphatic heterocycles. The summed E-state index contributed by atoms with van der Waals surface area (Å²) in [5, 5.41) is 3.04. The zero-order valence-corrected chi connectivity index (χ0v) is 12.6. The molecule has 3 N–H and O–H groups in total. The summed E-state index contributed by atoms with van der Waals surface area (Å²) in [6, 6.07) is 0. The Hall–Kier alpha value is -0.650. The summed E-state index contributed by atoms with van der Waals surface area (Å²) in [5.74, 6) is 0.541. The SMILES string of the molecule is CC(CN)CCC(=O)NCC(C)(C)N1CCOCC1. The molecule has 1 fully saturated rings. The first kappa shape index (κ1) is 16.4. The van der Waals surface area contributed by atoms with E-state index in [0.29, 0.717) is 25.4 Å². The molecule has 1 heterocycles. The third-order valence-electron chi connectivity index (χ3n) is 3.85. The molecular formula is C14H29N3O2. The summed E-state index contributed by atoms with van der Waals surface area (Å²) >= 11 is 0. The van der Waals surface area contributed by atoms with Gasteiger partial charge in [0.05, 0.1) is 13.2 Å². The summed E-state index contributed by atoms with van der Waals surface area (Å²) in [5.41, 5.74) is 5.53. The molecule has 0 aliphatic carbocycles. The van der Waals surface area contributed by atoms with E-state index in [1.54, 1.807) is 0 Å². The zero-order chi connectivity index (χ0) is 14.3. The van der Waals surface area contributed by atoms with Crippen LogP contribution in [0.4, 0.5) is 0 Å². The van der Waals surface area contributed by atoms with Gasteiger partial charge in [-0.05, 0) is 32.7 Å². The third-order valence-corrected chi connectivity index (χ3v) is 3.85. The highest BCUT2D eigenvalue weighted by Gasteiger charge is 2.28. The molecule has 0 aromatic carbocycles. The number of carbonyl (C=O) groups excluding carboxylic acids is 1. The predicted octanol–water partition coefficient (Wildman–Crippen LogP) is 0.588. The standard InChI is InChI=1S/C14H29N3O2/c1-12(10-15)4-5-13(18)16-11-14(2,3)17-6-8-19-9-7-17/h12H,4-11,15H2,1-3H3,(H,16,18). The molecule has 1 atom stereocenters. The second kappa shape index (κ2) is 7.82. The van der Waals surface area contributed by atoms with Crippen molar-refractivity contribution in [1.29, 1.82) is 0 Å². The fraction of sp³-hybridized carbons (Fsp3) is 0.929. The molecule has 0 aromatic heterocycles. The summed E-state index contributed by atoms with van der Waals surface area (Å²) < 4.78 is 5.36. The van der Waals surface area contributed by atoms with E-state index in [1.807, 2.05) is 0 Å². The molecule has 0 bridgehead atoms.